The molecule has 0 unspecified atom stereocenters. The van der Waals surface area contributed by atoms with Crippen LogP contribution in [0, 0.1) is 6.92 Å². The maximum Gasteiger partial charge on any atom is 0.191 e. The normalized spacial score (nSPS) is 15.1. The van der Waals surface area contributed by atoms with E-state index in [9.17, 15) is 0 Å². The number of pyridine rings is 1. The standard InChI is InChI=1S/C20H32N8.HI/c1-4-18-26-23-15-28(18)14-11-22-20(21-5-2)25-17-9-12-27(13-10-17)19-8-6-7-16(3)24-19;/h6-8,15,17H,4-5,9-14H2,1-3H3,(H2,21,22,25);1H. The molecule has 0 amide bonds. The number of nitrogens with zero attached hydrogens (tertiary/aromatic N) is 6. The summed E-state index contributed by atoms with van der Waals surface area (Å²) in [5.74, 6) is 2.98. The van der Waals surface area contributed by atoms with E-state index < -0.39 is 0 Å². The van der Waals surface area contributed by atoms with E-state index >= 15 is 0 Å². The van der Waals surface area contributed by atoms with E-state index in [1.807, 2.05) is 13.0 Å². The van der Waals surface area contributed by atoms with Crippen LogP contribution in [0.5, 0.6) is 0 Å². The average Bonchev–Trinajstić information content (AvgIpc) is 3.16. The molecule has 29 heavy (non-hydrogen) atoms. The summed E-state index contributed by atoms with van der Waals surface area (Å²) in [4.78, 5) is 11.8. The molecule has 0 aliphatic carbocycles. The number of aryl methyl sites for hydroxylation is 2. The van der Waals surface area contributed by atoms with E-state index in [0.29, 0.717) is 12.6 Å². The van der Waals surface area contributed by atoms with Gasteiger partial charge in [-0.1, -0.05) is 13.0 Å². The van der Waals surface area contributed by atoms with Crippen molar-refractivity contribution in [3.8, 4) is 0 Å². The van der Waals surface area contributed by atoms with Gasteiger partial charge in [0.05, 0.1) is 6.54 Å². The van der Waals surface area contributed by atoms with Crippen molar-refractivity contribution in [2.75, 3.05) is 31.1 Å². The molecule has 0 saturated carbocycles. The third kappa shape index (κ3) is 6.83. The van der Waals surface area contributed by atoms with Crippen molar-refractivity contribution in [2.24, 2.45) is 4.99 Å². The Kier molecular flexibility index (Phi) is 9.62. The van der Waals surface area contributed by atoms with Crippen molar-refractivity contribution in [3.05, 3.63) is 36.0 Å². The van der Waals surface area contributed by atoms with Crippen molar-refractivity contribution < 1.29 is 0 Å². The minimum absolute atomic E-state index is 0. The quantitative estimate of drug-likeness (QED) is 0.337. The maximum absolute atomic E-state index is 4.74. The zero-order chi connectivity index (χ0) is 19.8. The van der Waals surface area contributed by atoms with E-state index in [2.05, 4.69) is 61.3 Å². The molecule has 8 nitrogen and oxygen atoms in total. The summed E-state index contributed by atoms with van der Waals surface area (Å²) < 4.78 is 2.07. The van der Waals surface area contributed by atoms with Crippen LogP contribution >= 0.6 is 24.0 Å². The van der Waals surface area contributed by atoms with Crippen LogP contribution in [0.25, 0.3) is 0 Å². The van der Waals surface area contributed by atoms with Gasteiger partial charge in [-0.3, -0.25) is 4.99 Å². The van der Waals surface area contributed by atoms with Crippen LogP contribution in [0.3, 0.4) is 0 Å². The topological polar surface area (TPSA) is 83.3 Å². The minimum atomic E-state index is 0. The fourth-order valence-electron chi connectivity index (χ4n) is 3.48. The number of rotatable bonds is 7. The average molecular weight is 512 g/mol. The van der Waals surface area contributed by atoms with Crippen molar-refractivity contribution in [2.45, 2.75) is 52.6 Å². The lowest BCUT2D eigenvalue weighted by Gasteiger charge is -2.34. The van der Waals surface area contributed by atoms with Crippen LogP contribution in [0.15, 0.2) is 29.5 Å². The Morgan fingerprint density at radius 1 is 1.24 bits per heavy atom. The fourth-order valence-corrected chi connectivity index (χ4v) is 3.48. The first kappa shape index (κ1) is 23.4. The highest BCUT2D eigenvalue weighted by Gasteiger charge is 2.20. The minimum Gasteiger partial charge on any atom is -0.357 e. The van der Waals surface area contributed by atoms with Gasteiger partial charge in [0.2, 0.25) is 0 Å². The lowest BCUT2D eigenvalue weighted by molar-refractivity contribution is 0.459. The summed E-state index contributed by atoms with van der Waals surface area (Å²) in [5, 5.41) is 15.1. The number of hydrogen-bond acceptors (Lipinski definition) is 5. The molecular weight excluding hydrogens is 479 g/mol. The third-order valence-corrected chi connectivity index (χ3v) is 5.00. The molecule has 2 N–H and O–H groups in total. The molecule has 2 aromatic rings. The number of halogens is 1. The number of aromatic nitrogens is 4. The Bertz CT molecular complexity index is 767. The van der Waals surface area contributed by atoms with Gasteiger partial charge in [0.15, 0.2) is 5.96 Å². The number of nitrogens with one attached hydrogen (secondary N) is 2. The SMILES string of the molecule is CCNC(=NCCn1cnnc1CC)NC1CCN(c2cccc(C)n2)CC1.I. The molecule has 1 aliphatic heterocycles. The van der Waals surface area contributed by atoms with Crippen molar-refractivity contribution in [1.82, 2.24) is 30.4 Å². The molecule has 3 heterocycles. The highest BCUT2D eigenvalue weighted by Crippen LogP contribution is 2.18. The van der Waals surface area contributed by atoms with E-state index in [1.165, 1.54) is 0 Å². The molecule has 0 atom stereocenters. The molecule has 0 bridgehead atoms. The van der Waals surface area contributed by atoms with Gasteiger partial charge in [0, 0.05) is 44.3 Å². The Balaban J connectivity index is 0.00000300. The van der Waals surface area contributed by atoms with Gasteiger partial charge in [-0.2, -0.15) is 0 Å². The zero-order valence-corrected chi connectivity index (χ0v) is 20.0. The van der Waals surface area contributed by atoms with Crippen LogP contribution in [-0.4, -0.2) is 57.9 Å². The molecule has 9 heteroatoms. The smallest absolute Gasteiger partial charge is 0.191 e. The monoisotopic (exact) mass is 512 g/mol. The Hall–Kier alpha value is -1.91. The molecule has 2 aromatic heterocycles. The summed E-state index contributed by atoms with van der Waals surface area (Å²) in [7, 11) is 0. The Labute approximate surface area is 190 Å². The number of aliphatic imine (C=N–C) groups is 1. The fraction of sp³-hybridized carbons (Fsp3) is 0.600. The van der Waals surface area contributed by atoms with Gasteiger partial charge in [-0.05, 0) is 38.8 Å². The molecule has 0 spiro atoms. The first-order valence-corrected chi connectivity index (χ1v) is 10.3. The predicted octanol–water partition coefficient (Wildman–Crippen LogP) is 2.39. The van der Waals surface area contributed by atoms with E-state index in [4.69, 9.17) is 4.99 Å². The van der Waals surface area contributed by atoms with Crippen LogP contribution in [-0.2, 0) is 13.0 Å². The Morgan fingerprint density at radius 3 is 2.72 bits per heavy atom. The second-order valence-corrected chi connectivity index (χ2v) is 7.10. The largest absolute Gasteiger partial charge is 0.357 e. The molecule has 0 aromatic carbocycles. The predicted molar refractivity (Wildman–Crippen MR) is 128 cm³/mol. The first-order chi connectivity index (χ1) is 13.7. The molecule has 160 valence electrons. The molecular formula is C20H33IN8. The van der Waals surface area contributed by atoms with Crippen LogP contribution in [0.4, 0.5) is 5.82 Å². The summed E-state index contributed by atoms with van der Waals surface area (Å²) in [6.07, 6.45) is 4.82. The highest BCUT2D eigenvalue weighted by atomic mass is 127. The van der Waals surface area contributed by atoms with Gasteiger partial charge < -0.3 is 20.1 Å². The summed E-state index contributed by atoms with van der Waals surface area (Å²) >= 11 is 0. The van der Waals surface area contributed by atoms with E-state index in [0.717, 1.165) is 68.7 Å². The molecule has 1 fully saturated rings. The van der Waals surface area contributed by atoms with Gasteiger partial charge >= 0.3 is 0 Å². The summed E-state index contributed by atoms with van der Waals surface area (Å²) in [6, 6.07) is 6.65. The van der Waals surface area contributed by atoms with Gasteiger partial charge in [-0.25, -0.2) is 4.98 Å². The van der Waals surface area contributed by atoms with Gasteiger partial charge in [0.25, 0.3) is 0 Å². The molecule has 0 radical (unpaired) electrons. The van der Waals surface area contributed by atoms with Crippen molar-refractivity contribution in [1.29, 1.82) is 0 Å². The maximum atomic E-state index is 4.74. The molecule has 1 aliphatic rings. The van der Waals surface area contributed by atoms with Crippen LogP contribution in [0.1, 0.15) is 38.2 Å². The summed E-state index contributed by atoms with van der Waals surface area (Å²) in [5.41, 5.74) is 1.07. The number of piperidine rings is 1. The number of anilines is 1. The van der Waals surface area contributed by atoms with Gasteiger partial charge in [-0.15, -0.1) is 34.2 Å². The molecule has 3 rings (SSSR count). The first-order valence-electron chi connectivity index (χ1n) is 10.3. The third-order valence-electron chi connectivity index (χ3n) is 5.00. The lowest BCUT2D eigenvalue weighted by atomic mass is 10.1. The zero-order valence-electron chi connectivity index (χ0n) is 17.6. The van der Waals surface area contributed by atoms with Crippen molar-refractivity contribution in [3.63, 3.8) is 0 Å². The van der Waals surface area contributed by atoms with Crippen molar-refractivity contribution >= 4 is 35.8 Å². The second kappa shape index (κ2) is 11.9. The Morgan fingerprint density at radius 2 is 2.03 bits per heavy atom. The van der Waals surface area contributed by atoms with E-state index in [1.54, 1.807) is 6.33 Å². The van der Waals surface area contributed by atoms with Crippen LogP contribution < -0.4 is 15.5 Å². The second-order valence-electron chi connectivity index (χ2n) is 7.10. The lowest BCUT2D eigenvalue weighted by Crippen LogP contribution is -2.49. The number of hydrogen-bond donors (Lipinski definition) is 2. The van der Waals surface area contributed by atoms with E-state index in [-0.39, 0.29) is 24.0 Å². The molecule has 1 saturated heterocycles. The number of guanidine groups is 1. The summed E-state index contributed by atoms with van der Waals surface area (Å²) in [6.45, 7) is 10.6. The highest BCUT2D eigenvalue weighted by molar-refractivity contribution is 14.0. The van der Waals surface area contributed by atoms with Crippen LogP contribution in [0.2, 0.25) is 0 Å². The van der Waals surface area contributed by atoms with Gasteiger partial charge in [0.1, 0.15) is 18.0 Å².